The number of aliphatic imine (C=N–C) groups is 1. The lowest BCUT2D eigenvalue weighted by Crippen LogP contribution is -2.40. The van der Waals surface area contributed by atoms with Crippen LogP contribution < -0.4 is 10.6 Å². The largest absolute Gasteiger partial charge is 0.376 e. The molecule has 0 aliphatic carbocycles. The molecule has 1 aromatic carbocycles. The number of nitrogens with one attached hydrogen (secondary N) is 2. The van der Waals surface area contributed by atoms with Crippen LogP contribution in [-0.2, 0) is 24.9 Å². The molecule has 7 heteroatoms. The van der Waals surface area contributed by atoms with Gasteiger partial charge in [-0.15, -0.1) is 24.0 Å². The minimum absolute atomic E-state index is 0. The van der Waals surface area contributed by atoms with Crippen molar-refractivity contribution in [2.75, 3.05) is 19.7 Å². The second kappa shape index (κ2) is 12.7. The zero-order valence-corrected chi connectivity index (χ0v) is 18.1. The van der Waals surface area contributed by atoms with E-state index in [2.05, 4.69) is 46.7 Å². The molecule has 0 radical (unpaired) electrons. The second-order valence-electron chi connectivity index (χ2n) is 6.13. The van der Waals surface area contributed by atoms with Crippen molar-refractivity contribution >= 4 is 29.9 Å². The fourth-order valence-corrected chi connectivity index (χ4v) is 2.34. The minimum atomic E-state index is 0. The van der Waals surface area contributed by atoms with Gasteiger partial charge in [0.25, 0.3) is 0 Å². The lowest BCUT2D eigenvalue weighted by Gasteiger charge is -2.16. The second-order valence-corrected chi connectivity index (χ2v) is 6.13. The van der Waals surface area contributed by atoms with E-state index in [0.717, 1.165) is 24.7 Å². The third kappa shape index (κ3) is 8.18. The molecule has 1 unspecified atom stereocenters. The Morgan fingerprint density at radius 3 is 2.65 bits per heavy atom. The maximum atomic E-state index is 5.80. The summed E-state index contributed by atoms with van der Waals surface area (Å²) in [6.07, 6.45) is 1.79. The number of halogens is 1. The van der Waals surface area contributed by atoms with Gasteiger partial charge in [0.1, 0.15) is 0 Å². The smallest absolute Gasteiger partial charge is 0.191 e. The van der Waals surface area contributed by atoms with Gasteiger partial charge in [0, 0.05) is 26.3 Å². The topological polar surface area (TPSA) is 63.5 Å². The van der Waals surface area contributed by atoms with Gasteiger partial charge in [0.05, 0.1) is 25.5 Å². The normalized spacial score (nSPS) is 12.3. The molecule has 0 bridgehead atoms. The number of ether oxygens (including phenoxy) is 1. The minimum Gasteiger partial charge on any atom is -0.376 e. The highest BCUT2D eigenvalue weighted by Gasteiger charge is 2.05. The van der Waals surface area contributed by atoms with Crippen molar-refractivity contribution in [3.05, 3.63) is 53.9 Å². The van der Waals surface area contributed by atoms with Crippen LogP contribution in [0.1, 0.15) is 25.1 Å². The quantitative estimate of drug-likeness (QED) is 0.336. The Labute approximate surface area is 173 Å². The predicted molar refractivity (Wildman–Crippen MR) is 117 cm³/mol. The molecule has 6 nitrogen and oxygen atoms in total. The number of nitrogens with zero attached hydrogens (tertiary/aromatic N) is 3. The van der Waals surface area contributed by atoms with Crippen LogP contribution in [0.3, 0.4) is 0 Å². The molecule has 0 aliphatic rings. The molecule has 2 N–H and O–H groups in total. The maximum Gasteiger partial charge on any atom is 0.191 e. The van der Waals surface area contributed by atoms with Gasteiger partial charge in [-0.25, -0.2) is 4.99 Å². The molecule has 1 atom stereocenters. The molecular weight excluding hydrogens is 441 g/mol. The summed E-state index contributed by atoms with van der Waals surface area (Å²) in [7, 11) is 1.93. The van der Waals surface area contributed by atoms with E-state index >= 15 is 0 Å². The molecule has 2 aromatic rings. The van der Waals surface area contributed by atoms with Crippen molar-refractivity contribution in [1.82, 2.24) is 20.4 Å². The highest BCUT2D eigenvalue weighted by atomic mass is 127. The summed E-state index contributed by atoms with van der Waals surface area (Å²) in [5.41, 5.74) is 2.28. The van der Waals surface area contributed by atoms with E-state index < -0.39 is 0 Å². The van der Waals surface area contributed by atoms with Crippen molar-refractivity contribution in [2.45, 2.75) is 27.0 Å². The molecule has 0 amide bonds. The first-order valence-corrected chi connectivity index (χ1v) is 8.79. The van der Waals surface area contributed by atoms with E-state index in [-0.39, 0.29) is 24.0 Å². The number of guanidine groups is 1. The van der Waals surface area contributed by atoms with Gasteiger partial charge in [0.2, 0.25) is 0 Å². The molecule has 0 saturated heterocycles. The Kier molecular flexibility index (Phi) is 11.0. The predicted octanol–water partition coefficient (Wildman–Crippen LogP) is 2.95. The van der Waals surface area contributed by atoms with E-state index in [4.69, 9.17) is 4.74 Å². The maximum absolute atomic E-state index is 5.80. The molecule has 26 heavy (non-hydrogen) atoms. The molecule has 1 heterocycles. The van der Waals surface area contributed by atoms with E-state index in [1.54, 1.807) is 6.20 Å². The van der Waals surface area contributed by atoms with Crippen molar-refractivity contribution in [2.24, 2.45) is 18.0 Å². The summed E-state index contributed by atoms with van der Waals surface area (Å²) in [6, 6.07) is 12.2. The highest BCUT2D eigenvalue weighted by molar-refractivity contribution is 14.0. The van der Waals surface area contributed by atoms with Gasteiger partial charge in [-0.3, -0.25) is 4.68 Å². The lowest BCUT2D eigenvalue weighted by atomic mass is 10.2. The molecule has 2 rings (SSSR count). The van der Waals surface area contributed by atoms with Crippen molar-refractivity contribution < 1.29 is 4.74 Å². The van der Waals surface area contributed by atoms with E-state index in [1.165, 1.54) is 5.56 Å². The first-order chi connectivity index (χ1) is 12.2. The zero-order valence-electron chi connectivity index (χ0n) is 15.8. The summed E-state index contributed by atoms with van der Waals surface area (Å²) in [4.78, 5) is 4.61. The SMILES string of the molecule is CCNC(=NCc1ccnn1C)NCC(C)COCc1ccccc1.I. The number of hydrogen-bond acceptors (Lipinski definition) is 3. The van der Waals surface area contributed by atoms with Crippen LogP contribution in [0.15, 0.2) is 47.6 Å². The molecule has 0 spiro atoms. The Balaban J connectivity index is 0.00000338. The van der Waals surface area contributed by atoms with Crippen LogP contribution in [0.4, 0.5) is 0 Å². The van der Waals surface area contributed by atoms with Crippen LogP contribution in [0, 0.1) is 5.92 Å². The van der Waals surface area contributed by atoms with Crippen molar-refractivity contribution in [1.29, 1.82) is 0 Å². The lowest BCUT2D eigenvalue weighted by molar-refractivity contribution is 0.0931. The summed E-state index contributed by atoms with van der Waals surface area (Å²) in [6.45, 7) is 7.84. The number of aryl methyl sites for hydroxylation is 1. The van der Waals surface area contributed by atoms with Crippen molar-refractivity contribution in [3.63, 3.8) is 0 Å². The summed E-state index contributed by atoms with van der Waals surface area (Å²) in [5.74, 6) is 1.21. The fraction of sp³-hybridized carbons (Fsp3) is 0.474. The van der Waals surface area contributed by atoms with E-state index in [9.17, 15) is 0 Å². The van der Waals surface area contributed by atoms with Gasteiger partial charge in [-0.2, -0.15) is 5.10 Å². The van der Waals surface area contributed by atoms with Crippen LogP contribution in [0.25, 0.3) is 0 Å². The van der Waals surface area contributed by atoms with Gasteiger partial charge >= 0.3 is 0 Å². The Bertz CT molecular complexity index is 644. The van der Waals surface area contributed by atoms with Gasteiger partial charge in [-0.1, -0.05) is 37.3 Å². The van der Waals surface area contributed by atoms with Gasteiger partial charge < -0.3 is 15.4 Å². The highest BCUT2D eigenvalue weighted by Crippen LogP contribution is 2.03. The van der Waals surface area contributed by atoms with Crippen molar-refractivity contribution in [3.8, 4) is 0 Å². The van der Waals surface area contributed by atoms with Crippen LogP contribution in [0.2, 0.25) is 0 Å². The average Bonchev–Trinajstić information content (AvgIpc) is 3.03. The monoisotopic (exact) mass is 471 g/mol. The summed E-state index contributed by atoms with van der Waals surface area (Å²) < 4.78 is 7.64. The van der Waals surface area contributed by atoms with Crippen LogP contribution >= 0.6 is 24.0 Å². The molecular formula is C19H30IN5O. The zero-order chi connectivity index (χ0) is 17.9. The standard InChI is InChI=1S/C19H29N5O.HI/c1-4-20-19(22-13-18-10-11-23-24(18)3)21-12-16(2)14-25-15-17-8-6-5-7-9-17;/h5-11,16H,4,12-15H2,1-3H3,(H2,20,21,22);1H. The average molecular weight is 471 g/mol. The van der Waals surface area contributed by atoms with Gasteiger partial charge in [0.15, 0.2) is 5.96 Å². The summed E-state index contributed by atoms with van der Waals surface area (Å²) in [5, 5.41) is 10.8. The van der Waals surface area contributed by atoms with E-state index in [1.807, 2.05) is 36.0 Å². The molecule has 144 valence electrons. The third-order valence-electron chi connectivity index (χ3n) is 3.80. The Morgan fingerprint density at radius 1 is 1.23 bits per heavy atom. The fourth-order valence-electron chi connectivity index (χ4n) is 2.34. The number of benzene rings is 1. The van der Waals surface area contributed by atoms with Crippen LogP contribution in [0.5, 0.6) is 0 Å². The first-order valence-electron chi connectivity index (χ1n) is 8.79. The third-order valence-corrected chi connectivity index (χ3v) is 3.80. The van der Waals surface area contributed by atoms with Gasteiger partial charge in [-0.05, 0) is 24.5 Å². The Hall–Kier alpha value is -1.61. The van der Waals surface area contributed by atoms with E-state index in [0.29, 0.717) is 25.7 Å². The number of rotatable bonds is 9. The molecule has 0 saturated carbocycles. The molecule has 0 fully saturated rings. The summed E-state index contributed by atoms with van der Waals surface area (Å²) >= 11 is 0. The molecule has 1 aromatic heterocycles. The number of aromatic nitrogens is 2. The number of hydrogen-bond donors (Lipinski definition) is 2. The van der Waals surface area contributed by atoms with Crippen LogP contribution in [-0.4, -0.2) is 35.4 Å². The Morgan fingerprint density at radius 2 is 2.00 bits per heavy atom. The molecule has 0 aliphatic heterocycles. The first kappa shape index (κ1) is 22.4.